The number of nitrogens with one attached hydrogen (secondary N) is 1. The number of carbonyl (C=O) groups is 3. The fraction of sp³-hybridized carbons (Fsp3) is 0.382. The molecule has 8 nitrogen and oxygen atoms in total. The summed E-state index contributed by atoms with van der Waals surface area (Å²) in [4.78, 5) is 42.8. The van der Waals surface area contributed by atoms with E-state index in [1.54, 1.807) is 0 Å². The van der Waals surface area contributed by atoms with Gasteiger partial charge in [-0.05, 0) is 46.6 Å². The lowest BCUT2D eigenvalue weighted by Gasteiger charge is -2.43. The van der Waals surface area contributed by atoms with Gasteiger partial charge in [-0.1, -0.05) is 92.7 Å². The topological polar surface area (TPSA) is 99.2 Å². The summed E-state index contributed by atoms with van der Waals surface area (Å²) in [5.74, 6) is -1.49. The van der Waals surface area contributed by atoms with Crippen LogP contribution in [0.3, 0.4) is 0 Å². The van der Waals surface area contributed by atoms with E-state index in [4.69, 9.17) is 4.74 Å². The van der Waals surface area contributed by atoms with Gasteiger partial charge in [0.15, 0.2) is 0 Å². The Kier molecular flexibility index (Phi) is 8.92. The average molecular weight is 570 g/mol. The van der Waals surface area contributed by atoms with Gasteiger partial charge in [-0.3, -0.25) is 14.5 Å². The van der Waals surface area contributed by atoms with E-state index >= 15 is 0 Å². The van der Waals surface area contributed by atoms with Crippen molar-refractivity contribution >= 4 is 18.0 Å². The molecule has 0 radical (unpaired) electrons. The third-order valence-electron chi connectivity index (χ3n) is 8.25. The Labute approximate surface area is 247 Å². The van der Waals surface area contributed by atoms with Gasteiger partial charge in [-0.2, -0.15) is 0 Å². The summed E-state index contributed by atoms with van der Waals surface area (Å²) in [6.45, 7) is 5.77. The molecule has 0 saturated carbocycles. The lowest BCUT2D eigenvalue weighted by Crippen LogP contribution is -2.64. The van der Waals surface area contributed by atoms with Crippen molar-refractivity contribution in [1.29, 1.82) is 0 Å². The molecule has 2 aliphatic rings. The van der Waals surface area contributed by atoms with Crippen LogP contribution in [0, 0.1) is 5.92 Å². The van der Waals surface area contributed by atoms with Crippen molar-refractivity contribution in [3.63, 3.8) is 0 Å². The largest absolute Gasteiger partial charge is 0.480 e. The number of piperidine rings is 1. The van der Waals surface area contributed by atoms with Crippen molar-refractivity contribution in [2.45, 2.75) is 44.7 Å². The second-order valence-corrected chi connectivity index (χ2v) is 11.8. The molecule has 0 spiro atoms. The predicted molar refractivity (Wildman–Crippen MR) is 161 cm³/mol. The number of amides is 2. The van der Waals surface area contributed by atoms with Crippen LogP contribution < -0.4 is 5.32 Å². The van der Waals surface area contributed by atoms with E-state index in [2.05, 4.69) is 46.6 Å². The van der Waals surface area contributed by atoms with Crippen LogP contribution in [0.25, 0.3) is 11.1 Å². The van der Waals surface area contributed by atoms with Crippen LogP contribution in [0.2, 0.25) is 0 Å². The van der Waals surface area contributed by atoms with E-state index in [1.807, 2.05) is 56.3 Å². The van der Waals surface area contributed by atoms with Gasteiger partial charge < -0.3 is 20.1 Å². The Morgan fingerprint density at radius 2 is 1.50 bits per heavy atom. The first kappa shape index (κ1) is 29.3. The van der Waals surface area contributed by atoms with Crippen molar-refractivity contribution in [2.24, 2.45) is 5.92 Å². The molecule has 8 heteroatoms. The molecule has 5 rings (SSSR count). The highest BCUT2D eigenvalue weighted by atomic mass is 16.5. The first-order valence-electron chi connectivity index (χ1n) is 14.7. The standard InChI is InChI=1S/C34H39N3O5/c1-24(2)20-37(22-31(38)39)32(40)34(16-18-36(19-17-34)21-25-10-4-3-5-11-25)35-33(41)42-23-30-28-14-8-6-12-26(28)27-13-7-9-15-29(27)30/h3-15,24,30H,16-23H2,1-2H3,(H,35,41)(H,38,39). The Morgan fingerprint density at radius 3 is 2.07 bits per heavy atom. The zero-order valence-electron chi connectivity index (χ0n) is 24.3. The first-order valence-corrected chi connectivity index (χ1v) is 14.7. The summed E-state index contributed by atoms with van der Waals surface area (Å²) in [7, 11) is 0. The Bertz CT molecular complexity index is 1370. The molecule has 2 amide bonds. The number of carboxylic acids is 1. The normalized spacial score (nSPS) is 16.0. The van der Waals surface area contributed by atoms with Gasteiger partial charge in [-0.25, -0.2) is 4.79 Å². The van der Waals surface area contributed by atoms with Gasteiger partial charge in [0.05, 0.1) is 0 Å². The van der Waals surface area contributed by atoms with Crippen LogP contribution in [-0.4, -0.2) is 71.2 Å². The molecule has 220 valence electrons. The molecule has 1 heterocycles. The summed E-state index contributed by atoms with van der Waals surface area (Å²) >= 11 is 0. The molecule has 1 saturated heterocycles. The SMILES string of the molecule is CC(C)CN(CC(=O)O)C(=O)C1(NC(=O)OCC2c3ccccc3-c3ccccc32)CCN(Cc2ccccc2)CC1. The fourth-order valence-electron chi connectivity index (χ4n) is 6.28. The molecule has 1 fully saturated rings. The number of nitrogens with zero attached hydrogens (tertiary/aromatic N) is 2. The number of carbonyl (C=O) groups excluding carboxylic acids is 2. The molecule has 1 aliphatic heterocycles. The zero-order chi connectivity index (χ0) is 29.7. The highest BCUT2D eigenvalue weighted by Crippen LogP contribution is 2.44. The van der Waals surface area contributed by atoms with Crippen molar-refractivity contribution in [3.05, 3.63) is 95.6 Å². The Morgan fingerprint density at radius 1 is 0.929 bits per heavy atom. The minimum Gasteiger partial charge on any atom is -0.480 e. The molecular weight excluding hydrogens is 530 g/mol. The summed E-state index contributed by atoms with van der Waals surface area (Å²) in [5, 5.41) is 12.5. The number of fused-ring (bicyclic) bond motifs is 3. The van der Waals surface area contributed by atoms with Gasteiger partial charge in [0.1, 0.15) is 18.7 Å². The monoisotopic (exact) mass is 569 g/mol. The third-order valence-corrected chi connectivity index (χ3v) is 8.25. The number of likely N-dealkylation sites (tertiary alicyclic amines) is 1. The van der Waals surface area contributed by atoms with Gasteiger partial charge >= 0.3 is 12.1 Å². The molecule has 0 bridgehead atoms. The second kappa shape index (κ2) is 12.8. The molecule has 0 unspecified atom stereocenters. The first-order chi connectivity index (χ1) is 20.3. The molecule has 3 aromatic carbocycles. The number of aliphatic carboxylic acids is 1. The Hall–Kier alpha value is -4.17. The number of ether oxygens (including phenoxy) is 1. The molecule has 3 aromatic rings. The van der Waals surface area contributed by atoms with Crippen LogP contribution in [0.4, 0.5) is 4.79 Å². The maximum atomic E-state index is 14.1. The highest BCUT2D eigenvalue weighted by Gasteiger charge is 2.46. The van der Waals surface area contributed by atoms with E-state index in [0.29, 0.717) is 25.9 Å². The summed E-state index contributed by atoms with van der Waals surface area (Å²) in [6.07, 6.45) is 0.0512. The van der Waals surface area contributed by atoms with Gasteiger partial charge in [0, 0.05) is 32.1 Å². The number of rotatable bonds is 10. The third kappa shape index (κ3) is 6.49. The van der Waals surface area contributed by atoms with E-state index in [9.17, 15) is 19.5 Å². The number of hydrogen-bond donors (Lipinski definition) is 2. The van der Waals surface area contributed by atoms with Gasteiger partial charge in [0.25, 0.3) is 0 Å². The van der Waals surface area contributed by atoms with Crippen LogP contribution in [0.5, 0.6) is 0 Å². The lowest BCUT2D eigenvalue weighted by atomic mass is 9.85. The molecule has 1 aliphatic carbocycles. The number of benzene rings is 3. The minimum atomic E-state index is -1.25. The molecule has 2 N–H and O–H groups in total. The van der Waals surface area contributed by atoms with Crippen LogP contribution in [0.15, 0.2) is 78.9 Å². The Balaban J connectivity index is 1.33. The van der Waals surface area contributed by atoms with E-state index in [-0.39, 0.29) is 30.9 Å². The molecular formula is C34H39N3O5. The van der Waals surface area contributed by atoms with E-state index in [1.165, 1.54) is 10.5 Å². The lowest BCUT2D eigenvalue weighted by molar-refractivity contribution is -0.149. The molecule has 0 atom stereocenters. The van der Waals surface area contributed by atoms with Crippen molar-refractivity contribution in [3.8, 4) is 11.1 Å². The maximum Gasteiger partial charge on any atom is 0.408 e. The summed E-state index contributed by atoms with van der Waals surface area (Å²) in [5.41, 5.74) is 4.41. The predicted octanol–water partition coefficient (Wildman–Crippen LogP) is 5.13. The maximum absolute atomic E-state index is 14.1. The van der Waals surface area contributed by atoms with E-state index in [0.717, 1.165) is 28.8 Å². The number of alkyl carbamates (subject to hydrolysis) is 1. The number of hydrogen-bond acceptors (Lipinski definition) is 5. The zero-order valence-corrected chi connectivity index (χ0v) is 24.3. The van der Waals surface area contributed by atoms with E-state index < -0.39 is 24.1 Å². The van der Waals surface area contributed by atoms with Gasteiger partial charge in [0.2, 0.25) is 5.91 Å². The van der Waals surface area contributed by atoms with Crippen molar-refractivity contribution in [2.75, 3.05) is 32.8 Å². The van der Waals surface area contributed by atoms with Crippen LogP contribution >= 0.6 is 0 Å². The fourth-order valence-corrected chi connectivity index (χ4v) is 6.28. The van der Waals surface area contributed by atoms with Gasteiger partial charge in [-0.15, -0.1) is 0 Å². The van der Waals surface area contributed by atoms with Crippen molar-refractivity contribution in [1.82, 2.24) is 15.1 Å². The highest BCUT2D eigenvalue weighted by molar-refractivity contribution is 5.92. The second-order valence-electron chi connectivity index (χ2n) is 11.8. The number of carboxylic acid groups (broad SMARTS) is 1. The van der Waals surface area contributed by atoms with Crippen molar-refractivity contribution < 1.29 is 24.2 Å². The summed E-state index contributed by atoms with van der Waals surface area (Å²) in [6, 6.07) is 26.4. The average Bonchev–Trinajstić information content (AvgIpc) is 3.30. The van der Waals surface area contributed by atoms with Crippen LogP contribution in [0.1, 0.15) is 49.3 Å². The van der Waals surface area contributed by atoms with Crippen LogP contribution in [-0.2, 0) is 20.9 Å². The quantitative estimate of drug-likeness (QED) is 0.351. The summed E-state index contributed by atoms with van der Waals surface area (Å²) < 4.78 is 5.83. The molecule has 0 aromatic heterocycles. The smallest absolute Gasteiger partial charge is 0.408 e. The minimum absolute atomic E-state index is 0.0676. The molecule has 42 heavy (non-hydrogen) atoms.